The first-order valence-corrected chi connectivity index (χ1v) is 13.1. The summed E-state index contributed by atoms with van der Waals surface area (Å²) in [6.07, 6.45) is 0.911. The maximum absolute atomic E-state index is 11.0. The van der Waals surface area contributed by atoms with E-state index in [0.717, 1.165) is 22.6 Å². The van der Waals surface area contributed by atoms with Gasteiger partial charge in [-0.25, -0.2) is 4.68 Å². The lowest BCUT2D eigenvalue weighted by atomic mass is 10.1. The summed E-state index contributed by atoms with van der Waals surface area (Å²) in [7, 11) is 3.49. The van der Waals surface area contributed by atoms with Gasteiger partial charge < -0.3 is 23.7 Å². The van der Waals surface area contributed by atoms with Gasteiger partial charge in [0.2, 0.25) is 5.88 Å². The number of rotatable bonds is 13. The fraction of sp³-hybridized carbons (Fsp3) is 0.219. The topological polar surface area (TPSA) is 82.1 Å². The van der Waals surface area contributed by atoms with Crippen molar-refractivity contribution in [3.05, 3.63) is 115 Å². The van der Waals surface area contributed by atoms with Crippen LogP contribution in [0.15, 0.2) is 108 Å². The third-order valence-electron chi connectivity index (χ3n) is 6.39. The Hall–Kier alpha value is -4.53. The number of hydrogen-bond acceptors (Lipinski definition) is 7. The fourth-order valence-corrected chi connectivity index (χ4v) is 4.52. The van der Waals surface area contributed by atoms with Crippen molar-refractivity contribution >= 4 is 0 Å². The number of aliphatic hydroxyl groups is 1. The second-order valence-electron chi connectivity index (χ2n) is 9.43. The van der Waals surface area contributed by atoms with E-state index >= 15 is 0 Å². The molecular weight excluding hydrogens is 506 g/mol. The normalized spacial score (nSPS) is 11.9. The summed E-state index contributed by atoms with van der Waals surface area (Å²) < 4.78 is 25.0. The second kappa shape index (κ2) is 13.0. The summed E-state index contributed by atoms with van der Waals surface area (Å²) in [6.45, 7) is 1.43. The lowest BCUT2D eigenvalue weighted by molar-refractivity contribution is 0.0602. The molecule has 0 spiro atoms. The Morgan fingerprint density at radius 2 is 1.60 bits per heavy atom. The molecule has 1 unspecified atom stereocenters. The molecule has 2 heterocycles. The van der Waals surface area contributed by atoms with E-state index in [-0.39, 0.29) is 6.61 Å². The summed E-state index contributed by atoms with van der Waals surface area (Å²) in [4.78, 5) is 2.11. The van der Waals surface area contributed by atoms with Crippen LogP contribution in [0.3, 0.4) is 0 Å². The molecule has 0 bridgehead atoms. The van der Waals surface area contributed by atoms with Gasteiger partial charge in [-0.05, 0) is 36.4 Å². The number of hydrogen-bond donors (Lipinski definition) is 1. The van der Waals surface area contributed by atoms with E-state index < -0.39 is 6.10 Å². The molecule has 8 nitrogen and oxygen atoms in total. The highest BCUT2D eigenvalue weighted by atomic mass is 16.5. The molecule has 2 aromatic heterocycles. The highest BCUT2D eigenvalue weighted by molar-refractivity contribution is 5.65. The van der Waals surface area contributed by atoms with Crippen molar-refractivity contribution in [3.63, 3.8) is 0 Å². The number of aliphatic hydroxyl groups excluding tert-OH is 1. The van der Waals surface area contributed by atoms with Crippen LogP contribution in [0.25, 0.3) is 11.3 Å². The zero-order chi connectivity index (χ0) is 27.7. The number of methoxy groups -OCH3 is 1. The number of benzene rings is 3. The van der Waals surface area contributed by atoms with Crippen molar-refractivity contribution in [2.24, 2.45) is 7.05 Å². The van der Waals surface area contributed by atoms with Crippen LogP contribution in [0.2, 0.25) is 0 Å². The van der Waals surface area contributed by atoms with Crippen molar-refractivity contribution in [3.8, 4) is 34.4 Å². The van der Waals surface area contributed by atoms with E-state index in [0.29, 0.717) is 42.8 Å². The average molecular weight is 540 g/mol. The van der Waals surface area contributed by atoms with Gasteiger partial charge in [0.05, 0.1) is 25.5 Å². The van der Waals surface area contributed by atoms with Crippen molar-refractivity contribution in [1.29, 1.82) is 0 Å². The van der Waals surface area contributed by atoms with Crippen molar-refractivity contribution in [1.82, 2.24) is 14.7 Å². The maximum atomic E-state index is 11.0. The molecule has 0 aliphatic carbocycles. The highest BCUT2D eigenvalue weighted by Crippen LogP contribution is 2.35. The molecule has 8 heteroatoms. The summed E-state index contributed by atoms with van der Waals surface area (Å²) in [6, 6.07) is 30.8. The molecule has 1 N–H and O–H groups in total. The molecule has 3 aromatic carbocycles. The van der Waals surface area contributed by atoms with Gasteiger partial charge in [-0.15, -0.1) is 0 Å². The molecule has 5 aromatic rings. The first-order valence-electron chi connectivity index (χ1n) is 13.1. The SMILES string of the molecule is COc1cccc(Oc2c(CN(Cc3ccco3)CC(O)COc3ccccc3)c(-c3ccccc3)nn2C)c1. The summed E-state index contributed by atoms with van der Waals surface area (Å²) in [5.41, 5.74) is 2.67. The highest BCUT2D eigenvalue weighted by Gasteiger charge is 2.24. The van der Waals surface area contributed by atoms with Crippen molar-refractivity contribution < 1.29 is 23.7 Å². The van der Waals surface area contributed by atoms with Gasteiger partial charge >= 0.3 is 0 Å². The number of furan rings is 1. The number of ether oxygens (including phenoxy) is 3. The van der Waals surface area contributed by atoms with E-state index in [2.05, 4.69) is 4.90 Å². The molecule has 40 heavy (non-hydrogen) atoms. The number of para-hydroxylation sites is 1. The van der Waals surface area contributed by atoms with Crippen LogP contribution in [0.5, 0.6) is 23.1 Å². The zero-order valence-corrected chi connectivity index (χ0v) is 22.6. The minimum atomic E-state index is -0.741. The molecule has 0 saturated carbocycles. The summed E-state index contributed by atoms with van der Waals surface area (Å²) in [5, 5.41) is 15.8. The van der Waals surface area contributed by atoms with Gasteiger partial charge in [-0.1, -0.05) is 54.6 Å². The number of aromatic nitrogens is 2. The summed E-state index contributed by atoms with van der Waals surface area (Å²) in [5.74, 6) is 3.44. The molecule has 0 saturated heterocycles. The lowest BCUT2D eigenvalue weighted by Gasteiger charge is -2.25. The Labute approximate surface area is 234 Å². The molecular formula is C32H33N3O5. The van der Waals surface area contributed by atoms with Crippen LogP contribution in [0.4, 0.5) is 0 Å². The molecule has 0 aliphatic heterocycles. The Morgan fingerprint density at radius 1 is 0.875 bits per heavy atom. The van der Waals surface area contributed by atoms with Gasteiger partial charge in [0.15, 0.2) is 0 Å². The standard InChI is InChI=1S/C32H33N3O5/c1-34-32(40-28-16-9-15-27(19-28)37-2)30(31(33-34)24-11-5-3-6-12-24)22-35(21-29-17-10-18-38-29)20-25(36)23-39-26-13-7-4-8-14-26/h3-19,25,36H,20-23H2,1-2H3. The first kappa shape index (κ1) is 27.1. The van der Waals surface area contributed by atoms with Crippen LogP contribution in [0.1, 0.15) is 11.3 Å². The Kier molecular flexibility index (Phi) is 8.80. The van der Waals surface area contributed by atoms with Crippen LogP contribution in [0, 0.1) is 0 Å². The quantitative estimate of drug-likeness (QED) is 0.199. The minimum Gasteiger partial charge on any atom is -0.497 e. The second-order valence-corrected chi connectivity index (χ2v) is 9.43. The average Bonchev–Trinajstić information content (AvgIpc) is 3.61. The van der Waals surface area contributed by atoms with E-state index in [1.165, 1.54) is 0 Å². The monoisotopic (exact) mass is 539 g/mol. The van der Waals surface area contributed by atoms with Gasteiger partial charge in [0.25, 0.3) is 0 Å². The zero-order valence-electron chi connectivity index (χ0n) is 22.6. The number of nitrogens with zero attached hydrogens (tertiary/aromatic N) is 3. The third kappa shape index (κ3) is 6.91. The first-order chi connectivity index (χ1) is 19.6. The van der Waals surface area contributed by atoms with E-state index in [1.807, 2.05) is 104 Å². The number of aryl methyl sites for hydroxylation is 1. The van der Waals surface area contributed by atoms with Gasteiger partial charge in [-0.2, -0.15) is 5.10 Å². The smallest absolute Gasteiger partial charge is 0.222 e. The lowest BCUT2D eigenvalue weighted by Crippen LogP contribution is -2.35. The Bertz CT molecular complexity index is 1470. The van der Waals surface area contributed by atoms with Crippen LogP contribution >= 0.6 is 0 Å². The maximum Gasteiger partial charge on any atom is 0.222 e. The Morgan fingerprint density at radius 3 is 2.33 bits per heavy atom. The fourth-order valence-electron chi connectivity index (χ4n) is 4.52. The van der Waals surface area contributed by atoms with E-state index in [1.54, 1.807) is 18.1 Å². The molecule has 5 rings (SSSR count). The van der Waals surface area contributed by atoms with Gasteiger partial charge in [-0.3, -0.25) is 4.90 Å². The van der Waals surface area contributed by atoms with Crippen molar-refractivity contribution in [2.75, 3.05) is 20.3 Å². The third-order valence-corrected chi connectivity index (χ3v) is 6.39. The van der Waals surface area contributed by atoms with Gasteiger partial charge in [0.1, 0.15) is 41.4 Å². The molecule has 1 atom stereocenters. The predicted octanol–water partition coefficient (Wildman–Crippen LogP) is 5.92. The van der Waals surface area contributed by atoms with Crippen LogP contribution in [-0.2, 0) is 20.1 Å². The minimum absolute atomic E-state index is 0.157. The molecule has 0 fully saturated rings. The van der Waals surface area contributed by atoms with E-state index in [4.69, 9.17) is 23.7 Å². The van der Waals surface area contributed by atoms with E-state index in [9.17, 15) is 5.11 Å². The molecule has 0 radical (unpaired) electrons. The molecule has 0 aliphatic rings. The summed E-state index contributed by atoms with van der Waals surface area (Å²) >= 11 is 0. The largest absolute Gasteiger partial charge is 0.497 e. The predicted molar refractivity (Wildman–Crippen MR) is 152 cm³/mol. The van der Waals surface area contributed by atoms with Crippen LogP contribution in [-0.4, -0.2) is 46.2 Å². The molecule has 206 valence electrons. The van der Waals surface area contributed by atoms with Crippen LogP contribution < -0.4 is 14.2 Å². The Balaban J connectivity index is 1.45. The van der Waals surface area contributed by atoms with Crippen molar-refractivity contribution in [2.45, 2.75) is 19.2 Å². The molecule has 0 amide bonds. The van der Waals surface area contributed by atoms with Gasteiger partial charge in [0, 0.05) is 31.8 Å².